The first-order valence-corrected chi connectivity index (χ1v) is 9.29. The Labute approximate surface area is 153 Å². The minimum atomic E-state index is -4.23. The summed E-state index contributed by atoms with van der Waals surface area (Å²) in [6, 6.07) is 8.80. The first-order valence-electron chi connectivity index (χ1n) is 7.12. The standard InChI is InChI=1S/C17H12Cl2O5S/c1-9-7-13(18)10(2)17(16(9)19)25(21,22)24-12-5-3-11-4-6-15(20)23-14(11)8-12/h3-8H,1-2H3. The van der Waals surface area contributed by atoms with Gasteiger partial charge in [-0.05, 0) is 49.2 Å². The molecule has 2 aromatic carbocycles. The average molecular weight is 399 g/mol. The van der Waals surface area contributed by atoms with Crippen LogP contribution >= 0.6 is 23.2 Å². The number of fused-ring (bicyclic) bond motifs is 1. The quantitative estimate of drug-likeness (QED) is 0.480. The van der Waals surface area contributed by atoms with Crippen molar-refractivity contribution in [1.29, 1.82) is 0 Å². The number of hydrogen-bond donors (Lipinski definition) is 0. The summed E-state index contributed by atoms with van der Waals surface area (Å²) in [6.07, 6.45) is 0. The van der Waals surface area contributed by atoms with E-state index >= 15 is 0 Å². The van der Waals surface area contributed by atoms with Crippen LogP contribution in [0.25, 0.3) is 11.0 Å². The van der Waals surface area contributed by atoms with Crippen LogP contribution in [0, 0.1) is 13.8 Å². The zero-order valence-corrected chi connectivity index (χ0v) is 15.5. The van der Waals surface area contributed by atoms with E-state index in [1.165, 1.54) is 18.2 Å². The minimum absolute atomic E-state index is 0.00468. The van der Waals surface area contributed by atoms with Crippen LogP contribution in [0.2, 0.25) is 10.0 Å². The van der Waals surface area contributed by atoms with Gasteiger partial charge in [-0.2, -0.15) is 8.42 Å². The van der Waals surface area contributed by atoms with Gasteiger partial charge >= 0.3 is 15.7 Å². The minimum Gasteiger partial charge on any atom is -0.423 e. The van der Waals surface area contributed by atoms with Crippen molar-refractivity contribution < 1.29 is 17.0 Å². The molecule has 0 radical (unpaired) electrons. The number of benzene rings is 2. The zero-order chi connectivity index (χ0) is 18.4. The van der Waals surface area contributed by atoms with Crippen molar-refractivity contribution in [3.8, 4) is 5.75 Å². The molecule has 0 amide bonds. The van der Waals surface area contributed by atoms with Gasteiger partial charge in [-0.25, -0.2) is 4.79 Å². The van der Waals surface area contributed by atoms with E-state index < -0.39 is 15.7 Å². The van der Waals surface area contributed by atoms with Gasteiger partial charge in [0.25, 0.3) is 0 Å². The molecule has 0 aliphatic heterocycles. The summed E-state index contributed by atoms with van der Waals surface area (Å²) < 4.78 is 35.6. The third-order valence-electron chi connectivity index (χ3n) is 3.64. The molecule has 0 spiro atoms. The van der Waals surface area contributed by atoms with Gasteiger partial charge in [0.15, 0.2) is 0 Å². The molecule has 130 valence electrons. The lowest BCUT2D eigenvalue weighted by Crippen LogP contribution is -2.13. The van der Waals surface area contributed by atoms with Crippen molar-refractivity contribution >= 4 is 44.3 Å². The highest BCUT2D eigenvalue weighted by molar-refractivity contribution is 7.87. The summed E-state index contributed by atoms with van der Waals surface area (Å²) in [5.74, 6) is -0.00468. The van der Waals surface area contributed by atoms with Gasteiger partial charge in [0.1, 0.15) is 16.2 Å². The Bertz CT molecular complexity index is 1120. The summed E-state index contributed by atoms with van der Waals surface area (Å²) in [4.78, 5) is 11.1. The van der Waals surface area contributed by atoms with E-state index in [2.05, 4.69) is 0 Å². The lowest BCUT2D eigenvalue weighted by Gasteiger charge is -2.14. The number of rotatable bonds is 3. The van der Waals surface area contributed by atoms with Crippen molar-refractivity contribution in [2.45, 2.75) is 18.7 Å². The third-order valence-corrected chi connectivity index (χ3v) is 6.05. The van der Waals surface area contributed by atoms with Gasteiger partial charge in [0.2, 0.25) is 0 Å². The van der Waals surface area contributed by atoms with Crippen molar-refractivity contribution in [2.24, 2.45) is 0 Å². The van der Waals surface area contributed by atoms with E-state index in [4.69, 9.17) is 31.8 Å². The Kier molecular flexibility index (Phi) is 4.53. The summed E-state index contributed by atoms with van der Waals surface area (Å²) >= 11 is 12.2. The first kappa shape index (κ1) is 17.8. The first-order chi connectivity index (χ1) is 11.7. The van der Waals surface area contributed by atoms with E-state index in [1.54, 1.807) is 32.0 Å². The van der Waals surface area contributed by atoms with E-state index in [9.17, 15) is 13.2 Å². The largest absolute Gasteiger partial charge is 0.423 e. The highest BCUT2D eigenvalue weighted by atomic mass is 35.5. The van der Waals surface area contributed by atoms with Gasteiger partial charge in [-0.1, -0.05) is 23.2 Å². The van der Waals surface area contributed by atoms with Crippen LogP contribution < -0.4 is 9.81 Å². The zero-order valence-electron chi connectivity index (χ0n) is 13.2. The van der Waals surface area contributed by atoms with Gasteiger partial charge in [0.05, 0.1) is 5.02 Å². The van der Waals surface area contributed by atoms with E-state index in [0.717, 1.165) is 0 Å². The molecular formula is C17H12Cl2O5S. The van der Waals surface area contributed by atoms with Crippen LogP contribution in [0.4, 0.5) is 0 Å². The van der Waals surface area contributed by atoms with E-state index in [0.29, 0.717) is 16.5 Å². The van der Waals surface area contributed by atoms with Crippen LogP contribution in [0.5, 0.6) is 5.75 Å². The maximum Gasteiger partial charge on any atom is 0.341 e. The molecule has 0 bridgehead atoms. The van der Waals surface area contributed by atoms with Gasteiger partial charge in [-0.15, -0.1) is 0 Å². The summed E-state index contributed by atoms with van der Waals surface area (Å²) in [7, 11) is -4.23. The molecule has 0 N–H and O–H groups in total. The maximum atomic E-state index is 12.7. The molecule has 0 fully saturated rings. The molecule has 0 saturated carbocycles. The SMILES string of the molecule is Cc1cc(Cl)c(C)c(S(=O)(=O)Oc2ccc3ccc(=O)oc3c2)c1Cl. The molecule has 0 aliphatic rings. The van der Waals surface area contributed by atoms with Crippen LogP contribution in [0.15, 0.2) is 50.5 Å². The fourth-order valence-electron chi connectivity index (χ4n) is 2.37. The molecule has 0 saturated heterocycles. The fraction of sp³-hybridized carbons (Fsp3) is 0.118. The lowest BCUT2D eigenvalue weighted by molar-refractivity contribution is 0.484. The molecule has 0 unspecified atom stereocenters. The molecule has 25 heavy (non-hydrogen) atoms. The molecule has 3 rings (SSSR count). The van der Waals surface area contributed by atoms with Gasteiger partial charge in [0, 0.05) is 22.5 Å². The van der Waals surface area contributed by atoms with Gasteiger partial charge < -0.3 is 8.60 Å². The molecule has 1 heterocycles. The Morgan fingerprint density at radius 3 is 2.44 bits per heavy atom. The van der Waals surface area contributed by atoms with Crippen LogP contribution in [0.3, 0.4) is 0 Å². The van der Waals surface area contributed by atoms with Crippen molar-refractivity contribution in [1.82, 2.24) is 0 Å². The fourth-order valence-corrected chi connectivity index (χ4v) is 4.47. The van der Waals surface area contributed by atoms with Crippen molar-refractivity contribution in [2.75, 3.05) is 0 Å². The van der Waals surface area contributed by atoms with Gasteiger partial charge in [-0.3, -0.25) is 0 Å². The Hall–Kier alpha value is -2.02. The number of aryl methyl sites for hydroxylation is 1. The smallest absolute Gasteiger partial charge is 0.341 e. The summed E-state index contributed by atoms with van der Waals surface area (Å²) in [5, 5.41) is 0.958. The molecular weight excluding hydrogens is 387 g/mol. The molecule has 0 aliphatic carbocycles. The predicted molar refractivity (Wildman–Crippen MR) is 96.2 cm³/mol. The highest BCUT2D eigenvalue weighted by Crippen LogP contribution is 2.35. The Morgan fingerprint density at radius 2 is 1.72 bits per heavy atom. The molecule has 1 aromatic heterocycles. The highest BCUT2D eigenvalue weighted by Gasteiger charge is 2.26. The van der Waals surface area contributed by atoms with Crippen LogP contribution in [0.1, 0.15) is 11.1 Å². The van der Waals surface area contributed by atoms with Crippen molar-refractivity contribution in [3.63, 3.8) is 0 Å². The van der Waals surface area contributed by atoms with E-state index in [1.807, 2.05) is 0 Å². The number of halogens is 2. The second kappa shape index (κ2) is 6.37. The average Bonchev–Trinajstić information content (AvgIpc) is 2.52. The summed E-state index contributed by atoms with van der Waals surface area (Å²) in [5.41, 5.74) is 0.482. The van der Waals surface area contributed by atoms with Crippen molar-refractivity contribution in [3.05, 3.63) is 68.0 Å². The topological polar surface area (TPSA) is 73.6 Å². The predicted octanol–water partition coefficient (Wildman–Crippen LogP) is 4.48. The Morgan fingerprint density at radius 1 is 1.04 bits per heavy atom. The maximum absolute atomic E-state index is 12.7. The second-order valence-electron chi connectivity index (χ2n) is 5.43. The molecule has 8 heteroatoms. The second-order valence-corrected chi connectivity index (χ2v) is 7.70. The van der Waals surface area contributed by atoms with Crippen LogP contribution in [-0.4, -0.2) is 8.42 Å². The monoisotopic (exact) mass is 398 g/mol. The third kappa shape index (κ3) is 3.38. The Balaban J connectivity index is 2.10. The molecule has 3 aromatic rings. The number of hydrogen-bond acceptors (Lipinski definition) is 5. The van der Waals surface area contributed by atoms with E-state index in [-0.39, 0.29) is 26.3 Å². The van der Waals surface area contributed by atoms with Crippen LogP contribution in [-0.2, 0) is 10.1 Å². The molecule has 5 nitrogen and oxygen atoms in total. The molecule has 0 atom stereocenters. The summed E-state index contributed by atoms with van der Waals surface area (Å²) in [6.45, 7) is 3.20. The normalized spacial score (nSPS) is 11.7. The lowest BCUT2D eigenvalue weighted by atomic mass is 10.2.